The van der Waals surface area contributed by atoms with E-state index in [2.05, 4.69) is 50.6 Å². The topological polar surface area (TPSA) is 121 Å². The van der Waals surface area contributed by atoms with Gasteiger partial charge < -0.3 is 19.5 Å². The van der Waals surface area contributed by atoms with E-state index in [0.717, 1.165) is 57.1 Å². The third-order valence-corrected chi connectivity index (χ3v) is 6.34. The van der Waals surface area contributed by atoms with Gasteiger partial charge in [0, 0.05) is 44.8 Å². The van der Waals surface area contributed by atoms with Gasteiger partial charge in [0.15, 0.2) is 0 Å². The van der Waals surface area contributed by atoms with Crippen LogP contribution < -0.4 is 0 Å². The highest BCUT2D eigenvalue weighted by Gasteiger charge is 2.44. The van der Waals surface area contributed by atoms with Crippen molar-refractivity contribution < 1.29 is 50.9 Å². The molecule has 2 atom stereocenters. The highest BCUT2D eigenvalue weighted by Crippen LogP contribution is 2.36. The summed E-state index contributed by atoms with van der Waals surface area (Å²) >= 11 is 0. The zero-order chi connectivity index (χ0) is 30.1. The number of carboxylic acids is 2. The third-order valence-electron chi connectivity index (χ3n) is 6.34. The Labute approximate surface area is 226 Å². The average Bonchev–Trinajstić information content (AvgIpc) is 3.45. The summed E-state index contributed by atoms with van der Waals surface area (Å²) in [5.41, 5.74) is 1.13. The first kappa shape index (κ1) is 33.0. The number of hydrogen-bond donors (Lipinski definition) is 2. The second-order valence-electron chi connectivity index (χ2n) is 9.46. The van der Waals surface area contributed by atoms with E-state index in [4.69, 9.17) is 24.5 Å². The van der Waals surface area contributed by atoms with Crippen molar-refractivity contribution in [1.82, 2.24) is 24.3 Å². The van der Waals surface area contributed by atoms with Crippen molar-refractivity contribution in [3.8, 4) is 0 Å². The second kappa shape index (κ2) is 13.9. The summed E-state index contributed by atoms with van der Waals surface area (Å²) in [5, 5.41) is 14.2. The van der Waals surface area contributed by atoms with Crippen LogP contribution >= 0.6 is 0 Å². The van der Waals surface area contributed by atoms with Gasteiger partial charge in [0.25, 0.3) is 0 Å². The lowest BCUT2D eigenvalue weighted by molar-refractivity contribution is -0.193. The van der Waals surface area contributed by atoms with Crippen LogP contribution in [-0.4, -0.2) is 97.2 Å². The summed E-state index contributed by atoms with van der Waals surface area (Å²) < 4.78 is 72.0. The fourth-order valence-electron chi connectivity index (χ4n) is 4.34. The molecule has 4 heterocycles. The number of carboxylic acid groups (broad SMARTS) is 2. The van der Waals surface area contributed by atoms with Gasteiger partial charge in [-0.1, -0.05) is 6.07 Å². The summed E-state index contributed by atoms with van der Waals surface area (Å²) in [7, 11) is 4.26. The van der Waals surface area contributed by atoms with E-state index in [9.17, 15) is 26.3 Å². The first-order chi connectivity index (χ1) is 18.5. The van der Waals surface area contributed by atoms with Gasteiger partial charge in [-0.25, -0.2) is 14.6 Å². The van der Waals surface area contributed by atoms with Gasteiger partial charge in [-0.05, 0) is 45.0 Å². The van der Waals surface area contributed by atoms with Crippen LogP contribution in [0.2, 0.25) is 0 Å². The molecule has 4 rings (SSSR count). The minimum Gasteiger partial charge on any atom is -0.475 e. The van der Waals surface area contributed by atoms with Crippen LogP contribution in [0.15, 0.2) is 36.8 Å². The van der Waals surface area contributed by atoms with Crippen LogP contribution in [0.4, 0.5) is 26.3 Å². The molecular formula is C24H31F6N5O5. The Kier molecular flexibility index (Phi) is 11.5. The van der Waals surface area contributed by atoms with E-state index in [0.29, 0.717) is 6.04 Å². The molecule has 40 heavy (non-hydrogen) atoms. The number of aryl methyl sites for hydroxylation is 1. The molecule has 16 heteroatoms. The SMILES string of the molecule is CN(Cc1ccccn1)C1COC2(CCCN(Cc3nccn3C)C2)C1.O=C(O)C(F)(F)F.O=C(O)C(F)(F)F. The highest BCUT2D eigenvalue weighted by molar-refractivity contribution is 5.73. The number of imidazole rings is 1. The molecule has 2 aromatic rings. The first-order valence-electron chi connectivity index (χ1n) is 12.1. The van der Waals surface area contributed by atoms with Crippen molar-refractivity contribution in [2.75, 3.05) is 26.7 Å². The van der Waals surface area contributed by atoms with E-state index >= 15 is 0 Å². The van der Waals surface area contributed by atoms with Crippen LogP contribution in [0.1, 0.15) is 30.8 Å². The standard InChI is InChI=1S/C20H29N5O.2C2HF3O2/c1-23-11-9-22-19(23)14-25-10-5-7-20(16-25)12-18(15-26-20)24(2)13-17-6-3-4-8-21-17;2*3-2(4,5)1(6)7/h3-4,6,8-9,11,18H,5,7,10,12-16H2,1-2H3;2*(H,6,7). The molecule has 0 saturated carbocycles. The maximum Gasteiger partial charge on any atom is 0.490 e. The van der Waals surface area contributed by atoms with Gasteiger partial charge >= 0.3 is 24.3 Å². The first-order valence-corrected chi connectivity index (χ1v) is 12.1. The molecule has 0 bridgehead atoms. The van der Waals surface area contributed by atoms with Gasteiger partial charge in [0.1, 0.15) is 5.82 Å². The molecule has 2 unspecified atom stereocenters. The van der Waals surface area contributed by atoms with Crippen molar-refractivity contribution in [3.05, 3.63) is 48.3 Å². The predicted octanol–water partition coefficient (Wildman–Crippen LogP) is 3.34. The Hall–Kier alpha value is -3.24. The summed E-state index contributed by atoms with van der Waals surface area (Å²) in [6, 6.07) is 6.58. The molecule has 224 valence electrons. The Balaban J connectivity index is 0.000000333. The summed E-state index contributed by atoms with van der Waals surface area (Å²) in [6.07, 6.45) is -0.938. The molecule has 2 aliphatic rings. The maximum atomic E-state index is 10.6. The van der Waals surface area contributed by atoms with E-state index < -0.39 is 24.3 Å². The molecule has 2 N–H and O–H groups in total. The van der Waals surface area contributed by atoms with Crippen molar-refractivity contribution >= 4 is 11.9 Å². The lowest BCUT2D eigenvalue weighted by Crippen LogP contribution is -2.48. The zero-order valence-electron chi connectivity index (χ0n) is 21.8. The number of likely N-dealkylation sites (N-methyl/N-ethyl adjacent to an activating group) is 1. The number of carbonyl (C=O) groups is 2. The van der Waals surface area contributed by atoms with Crippen molar-refractivity contribution in [1.29, 1.82) is 0 Å². The van der Waals surface area contributed by atoms with Crippen molar-refractivity contribution in [3.63, 3.8) is 0 Å². The van der Waals surface area contributed by atoms with Crippen LogP contribution in [0.3, 0.4) is 0 Å². The van der Waals surface area contributed by atoms with Crippen LogP contribution in [-0.2, 0) is 34.5 Å². The number of rotatable bonds is 5. The Morgan fingerprint density at radius 1 is 1.10 bits per heavy atom. The van der Waals surface area contributed by atoms with E-state index in [-0.39, 0.29) is 5.60 Å². The van der Waals surface area contributed by atoms with Crippen LogP contribution in [0, 0.1) is 0 Å². The number of hydrogen-bond acceptors (Lipinski definition) is 7. The zero-order valence-corrected chi connectivity index (χ0v) is 21.8. The molecule has 2 aliphatic heterocycles. The fraction of sp³-hybridized carbons (Fsp3) is 0.583. The summed E-state index contributed by atoms with van der Waals surface area (Å²) in [6.45, 7) is 4.74. The second-order valence-corrected chi connectivity index (χ2v) is 9.46. The Morgan fingerprint density at radius 2 is 1.73 bits per heavy atom. The van der Waals surface area contributed by atoms with Crippen LogP contribution in [0.5, 0.6) is 0 Å². The third kappa shape index (κ3) is 10.4. The molecule has 1 spiro atoms. The molecule has 2 saturated heterocycles. The van der Waals surface area contributed by atoms with Gasteiger partial charge in [-0.2, -0.15) is 26.3 Å². The quantitative estimate of drug-likeness (QED) is 0.511. The van der Waals surface area contributed by atoms with Crippen LogP contribution in [0.25, 0.3) is 0 Å². The number of likely N-dealkylation sites (tertiary alicyclic amines) is 1. The molecule has 2 fully saturated rings. The number of aliphatic carboxylic acids is 2. The van der Waals surface area contributed by atoms with E-state index in [1.165, 1.54) is 6.42 Å². The molecule has 0 aromatic carbocycles. The molecule has 0 radical (unpaired) electrons. The molecular weight excluding hydrogens is 552 g/mol. The summed E-state index contributed by atoms with van der Waals surface area (Å²) in [4.78, 5) is 31.6. The number of nitrogens with zero attached hydrogens (tertiary/aromatic N) is 5. The number of aromatic nitrogens is 3. The molecule has 0 amide bonds. The van der Waals surface area contributed by atoms with Crippen molar-refractivity contribution in [2.24, 2.45) is 7.05 Å². The minimum absolute atomic E-state index is 0.00641. The number of piperidine rings is 1. The molecule has 10 nitrogen and oxygen atoms in total. The Morgan fingerprint density at radius 3 is 2.23 bits per heavy atom. The van der Waals surface area contributed by atoms with Gasteiger partial charge in [-0.3, -0.25) is 14.8 Å². The molecule has 2 aromatic heterocycles. The van der Waals surface area contributed by atoms with Gasteiger partial charge in [0.2, 0.25) is 0 Å². The normalized spacial score (nSPS) is 21.4. The fourth-order valence-corrected chi connectivity index (χ4v) is 4.34. The highest BCUT2D eigenvalue weighted by atomic mass is 19.4. The minimum atomic E-state index is -5.08. The smallest absolute Gasteiger partial charge is 0.475 e. The number of pyridine rings is 1. The lowest BCUT2D eigenvalue weighted by atomic mass is 9.88. The van der Waals surface area contributed by atoms with Gasteiger partial charge in [0.05, 0.1) is 24.4 Å². The van der Waals surface area contributed by atoms with Gasteiger partial charge in [-0.15, -0.1) is 0 Å². The maximum absolute atomic E-state index is 10.6. The summed E-state index contributed by atoms with van der Waals surface area (Å²) in [5.74, 6) is -4.39. The lowest BCUT2D eigenvalue weighted by Gasteiger charge is -2.39. The van der Waals surface area contributed by atoms with E-state index in [1.54, 1.807) is 0 Å². The van der Waals surface area contributed by atoms with Crippen molar-refractivity contribution in [2.45, 2.75) is 56.3 Å². The number of ether oxygens (including phenoxy) is 1. The Bertz CT molecular complexity index is 1070. The molecule has 0 aliphatic carbocycles. The predicted molar refractivity (Wildman–Crippen MR) is 128 cm³/mol. The average molecular weight is 584 g/mol. The number of alkyl halides is 6. The number of halogens is 6. The van der Waals surface area contributed by atoms with E-state index in [1.807, 2.05) is 24.7 Å². The largest absolute Gasteiger partial charge is 0.490 e. The monoisotopic (exact) mass is 583 g/mol.